The highest BCUT2D eigenvalue weighted by atomic mass is 35.5. The molecule has 4 rings (SSSR count). The summed E-state index contributed by atoms with van der Waals surface area (Å²) in [6, 6.07) is 5.55. The maximum atomic E-state index is 6.33. The number of ether oxygens (including phenoxy) is 4. The lowest BCUT2D eigenvalue weighted by molar-refractivity contribution is -0.480. The minimum atomic E-state index is -1.13. The molecule has 23 heavy (non-hydrogen) atoms. The minimum Gasteiger partial charge on any atom is -0.372 e. The first-order valence-corrected chi connectivity index (χ1v) is 8.21. The van der Waals surface area contributed by atoms with E-state index < -0.39 is 5.97 Å². The van der Waals surface area contributed by atoms with Crippen LogP contribution in [0.5, 0.6) is 0 Å². The second-order valence-corrected chi connectivity index (χ2v) is 6.51. The summed E-state index contributed by atoms with van der Waals surface area (Å²) in [7, 11) is 1.61. The van der Waals surface area contributed by atoms with Crippen molar-refractivity contribution in [2.75, 3.05) is 33.5 Å². The molecule has 1 aromatic carbocycles. The van der Waals surface area contributed by atoms with Gasteiger partial charge in [0.15, 0.2) is 0 Å². The maximum absolute atomic E-state index is 6.33. The summed E-state index contributed by atoms with van der Waals surface area (Å²) in [4.78, 5) is 0. The topological polar surface area (TPSA) is 36.9 Å². The normalized spacial score (nSPS) is 29.2. The first-order valence-electron chi connectivity index (χ1n) is 7.83. The fourth-order valence-corrected chi connectivity index (χ4v) is 3.23. The van der Waals surface area contributed by atoms with Gasteiger partial charge in [-0.25, -0.2) is 0 Å². The summed E-state index contributed by atoms with van der Waals surface area (Å²) in [6.45, 7) is 4.47. The summed E-state index contributed by atoms with van der Waals surface area (Å²) >= 11 is 6.33. The van der Waals surface area contributed by atoms with E-state index in [0.717, 1.165) is 24.0 Å². The molecule has 2 bridgehead atoms. The van der Waals surface area contributed by atoms with Crippen molar-refractivity contribution in [3.05, 3.63) is 34.3 Å². The smallest absolute Gasteiger partial charge is 0.312 e. The summed E-state index contributed by atoms with van der Waals surface area (Å²) in [6.07, 6.45) is 2.13. The molecule has 5 heteroatoms. The molecule has 0 saturated carbocycles. The molecule has 4 nitrogen and oxygen atoms in total. The van der Waals surface area contributed by atoms with Gasteiger partial charge in [0.2, 0.25) is 0 Å². The Hall–Kier alpha value is -1.09. The first-order chi connectivity index (χ1) is 11.1. The Balaban J connectivity index is 1.79. The molecule has 0 aromatic heterocycles. The number of hydrogen-bond acceptors (Lipinski definition) is 4. The van der Waals surface area contributed by atoms with Gasteiger partial charge in [0.25, 0.3) is 0 Å². The molecule has 0 N–H and O–H groups in total. The third-order valence-electron chi connectivity index (χ3n) is 4.25. The number of methoxy groups -OCH3 is 1. The second kappa shape index (κ2) is 6.80. The Labute approximate surface area is 142 Å². The van der Waals surface area contributed by atoms with Crippen LogP contribution in [-0.2, 0) is 24.9 Å². The number of fused-ring (bicyclic) bond motifs is 3. The maximum Gasteiger partial charge on any atom is 0.312 e. The minimum absolute atomic E-state index is 0.00807. The van der Waals surface area contributed by atoms with Crippen LogP contribution in [0.1, 0.15) is 30.9 Å². The summed E-state index contributed by atoms with van der Waals surface area (Å²) in [5.41, 5.74) is 1.51. The average molecular weight is 337 g/mol. The number of hydrogen-bond donors (Lipinski definition) is 0. The van der Waals surface area contributed by atoms with E-state index in [2.05, 4.69) is 18.8 Å². The van der Waals surface area contributed by atoms with Crippen molar-refractivity contribution in [3.8, 4) is 11.8 Å². The van der Waals surface area contributed by atoms with Gasteiger partial charge in [0.05, 0.1) is 24.8 Å². The van der Waals surface area contributed by atoms with Crippen molar-refractivity contribution in [3.63, 3.8) is 0 Å². The fraction of sp³-hybridized carbons (Fsp3) is 0.556. The lowest BCUT2D eigenvalue weighted by atomic mass is 9.83. The summed E-state index contributed by atoms with van der Waals surface area (Å²) < 4.78 is 22.7. The molecular formula is C18H21ClO4. The molecule has 3 aliphatic rings. The van der Waals surface area contributed by atoms with Crippen molar-refractivity contribution in [2.24, 2.45) is 5.41 Å². The Morgan fingerprint density at radius 2 is 1.91 bits per heavy atom. The van der Waals surface area contributed by atoms with Gasteiger partial charge in [-0.05, 0) is 24.6 Å². The molecule has 3 heterocycles. The fourth-order valence-electron chi connectivity index (χ4n) is 3.00. The van der Waals surface area contributed by atoms with Crippen LogP contribution in [-0.4, -0.2) is 33.5 Å². The van der Waals surface area contributed by atoms with Gasteiger partial charge in [-0.1, -0.05) is 36.8 Å². The number of rotatable bonds is 4. The van der Waals surface area contributed by atoms with Crippen LogP contribution in [0, 0.1) is 17.3 Å². The monoisotopic (exact) mass is 336 g/mol. The Kier molecular flexibility index (Phi) is 4.96. The van der Waals surface area contributed by atoms with Crippen molar-refractivity contribution < 1.29 is 18.9 Å². The molecule has 0 spiro atoms. The quantitative estimate of drug-likeness (QED) is 0.790. The lowest BCUT2D eigenvalue weighted by Gasteiger charge is -2.52. The van der Waals surface area contributed by atoms with Crippen molar-refractivity contribution >= 4 is 11.6 Å². The third-order valence-corrected chi connectivity index (χ3v) is 4.56. The average Bonchev–Trinajstić information content (AvgIpc) is 2.58. The van der Waals surface area contributed by atoms with Crippen LogP contribution in [0.15, 0.2) is 18.2 Å². The molecule has 124 valence electrons. The molecule has 1 aromatic rings. The third kappa shape index (κ3) is 3.26. The van der Waals surface area contributed by atoms with Gasteiger partial charge >= 0.3 is 5.97 Å². The van der Waals surface area contributed by atoms with Crippen LogP contribution in [0.4, 0.5) is 0 Å². The zero-order valence-electron chi connectivity index (χ0n) is 13.5. The van der Waals surface area contributed by atoms with Gasteiger partial charge in [0, 0.05) is 23.7 Å². The summed E-state index contributed by atoms with van der Waals surface area (Å²) in [5, 5.41) is 0.548. The van der Waals surface area contributed by atoms with E-state index in [1.54, 1.807) is 13.2 Å². The molecule has 3 aliphatic heterocycles. The van der Waals surface area contributed by atoms with E-state index in [1.165, 1.54) is 0 Å². The van der Waals surface area contributed by atoms with Gasteiger partial charge < -0.3 is 18.9 Å². The van der Waals surface area contributed by atoms with E-state index in [-0.39, 0.29) is 5.41 Å². The zero-order valence-corrected chi connectivity index (χ0v) is 14.2. The predicted octanol–water partition coefficient (Wildman–Crippen LogP) is 3.31. The van der Waals surface area contributed by atoms with Crippen molar-refractivity contribution in [2.45, 2.75) is 25.7 Å². The van der Waals surface area contributed by atoms with Crippen molar-refractivity contribution in [1.29, 1.82) is 0 Å². The Bertz CT molecular complexity index is 607. The molecule has 3 fully saturated rings. The van der Waals surface area contributed by atoms with Crippen LogP contribution >= 0.6 is 11.6 Å². The SMILES string of the molecule is CCCC12COC(c3ccc(C#CCOC)c(Cl)c3)(OC1)OC2. The molecule has 0 unspecified atom stereocenters. The second-order valence-electron chi connectivity index (χ2n) is 6.10. The molecule has 0 aliphatic carbocycles. The van der Waals surface area contributed by atoms with Gasteiger partial charge in [0.1, 0.15) is 6.61 Å². The molecule has 0 amide bonds. The lowest BCUT2D eigenvalue weighted by Crippen LogP contribution is -2.58. The zero-order chi connectivity index (χ0) is 16.3. The van der Waals surface area contributed by atoms with Crippen LogP contribution in [0.25, 0.3) is 0 Å². The van der Waals surface area contributed by atoms with Crippen molar-refractivity contribution in [1.82, 2.24) is 0 Å². The van der Waals surface area contributed by atoms with Gasteiger partial charge in [-0.15, -0.1) is 0 Å². The first kappa shape index (κ1) is 16.8. The van der Waals surface area contributed by atoms with E-state index in [0.29, 0.717) is 31.5 Å². The largest absolute Gasteiger partial charge is 0.372 e. The van der Waals surface area contributed by atoms with Crippen LogP contribution in [0.3, 0.4) is 0 Å². The van der Waals surface area contributed by atoms with Crippen LogP contribution in [0.2, 0.25) is 5.02 Å². The standard InChI is InChI=1S/C18H21ClO4/c1-3-8-17-11-21-18(22-12-17,23-13-17)15-7-6-14(16(19)10-15)5-4-9-20-2/h6-7,10H,3,8-9,11-13H2,1-2H3. The Morgan fingerprint density at radius 3 is 2.48 bits per heavy atom. The van der Waals surface area contributed by atoms with E-state index in [1.807, 2.05) is 12.1 Å². The highest BCUT2D eigenvalue weighted by Crippen LogP contribution is 2.46. The Morgan fingerprint density at radius 1 is 1.22 bits per heavy atom. The van der Waals surface area contributed by atoms with E-state index in [9.17, 15) is 0 Å². The number of benzene rings is 1. The molecule has 0 radical (unpaired) electrons. The van der Waals surface area contributed by atoms with Gasteiger partial charge in [-0.3, -0.25) is 0 Å². The number of halogens is 1. The summed E-state index contributed by atoms with van der Waals surface area (Å²) in [5.74, 6) is 4.74. The molecule has 0 atom stereocenters. The van der Waals surface area contributed by atoms with E-state index >= 15 is 0 Å². The van der Waals surface area contributed by atoms with E-state index in [4.69, 9.17) is 30.5 Å². The highest BCUT2D eigenvalue weighted by Gasteiger charge is 2.53. The predicted molar refractivity (Wildman–Crippen MR) is 87.1 cm³/mol. The molecule has 3 saturated heterocycles. The molecular weight excluding hydrogens is 316 g/mol. The highest BCUT2D eigenvalue weighted by molar-refractivity contribution is 6.31. The van der Waals surface area contributed by atoms with Gasteiger partial charge in [-0.2, -0.15) is 0 Å². The van der Waals surface area contributed by atoms with Crippen LogP contribution < -0.4 is 0 Å².